The summed E-state index contributed by atoms with van der Waals surface area (Å²) in [5.74, 6) is -0.119. The zero-order valence-corrected chi connectivity index (χ0v) is 21.3. The van der Waals surface area contributed by atoms with Crippen molar-refractivity contribution in [3.05, 3.63) is 106 Å². The number of fused-ring (bicyclic) bond motifs is 1. The summed E-state index contributed by atoms with van der Waals surface area (Å²) < 4.78 is 23.0. The molecule has 39 heavy (non-hydrogen) atoms. The topological polar surface area (TPSA) is 131 Å². The molecular weight excluding hydrogens is 500 g/mol. The monoisotopic (exact) mass is 524 g/mol. The summed E-state index contributed by atoms with van der Waals surface area (Å²) in [6, 6.07) is 21.9. The number of hydrogen-bond acceptors (Lipinski definition) is 9. The van der Waals surface area contributed by atoms with Crippen LogP contribution in [0.3, 0.4) is 0 Å². The van der Waals surface area contributed by atoms with Crippen LogP contribution in [0.1, 0.15) is 39.9 Å². The number of rotatable bonds is 9. The van der Waals surface area contributed by atoms with Gasteiger partial charge in [0.1, 0.15) is 0 Å². The lowest BCUT2D eigenvalue weighted by atomic mass is 9.98. The third-order valence-electron chi connectivity index (χ3n) is 6.41. The molecule has 0 amide bonds. The Balaban J connectivity index is 1.31. The Bertz CT molecular complexity index is 1780. The molecule has 5 aromatic rings. The number of carbonyl (C=O) groups is 1. The van der Waals surface area contributed by atoms with E-state index in [1.165, 1.54) is 0 Å². The van der Waals surface area contributed by atoms with Crippen LogP contribution in [0, 0.1) is 6.92 Å². The highest BCUT2D eigenvalue weighted by Gasteiger charge is 2.22. The molecule has 6 rings (SSSR count). The maximum Gasteiger partial charge on any atom is 0.519 e. The predicted octanol–water partition coefficient (Wildman–Crippen LogP) is 4.63. The van der Waals surface area contributed by atoms with Crippen molar-refractivity contribution in [2.45, 2.75) is 27.0 Å². The number of aromatic nitrogens is 2. The van der Waals surface area contributed by atoms with Crippen LogP contribution >= 0.6 is 0 Å². The standard InChI is InChI=1S/C29H24N4O6/c1-3-36-28-30-23-10-6-9-22(27(34)37-16-24-17(2)38-29(35)39-24)25(23)33(28)15-18-11-13-19(14-12-18)20-7-4-5-8-21(20)26-31-32-26/h4-14H,3,15-16H2,1-2H3,(H,31,32). The third-order valence-corrected chi connectivity index (χ3v) is 6.41. The van der Waals surface area contributed by atoms with Crippen molar-refractivity contribution in [2.75, 3.05) is 6.61 Å². The number of imidazole rings is 1. The predicted molar refractivity (Wildman–Crippen MR) is 143 cm³/mol. The van der Waals surface area contributed by atoms with E-state index in [9.17, 15) is 9.59 Å². The Labute approximate surface area is 222 Å². The Kier molecular flexibility index (Phi) is 6.20. The average Bonchev–Trinajstić information content (AvgIpc) is 3.67. The van der Waals surface area contributed by atoms with Gasteiger partial charge in [-0.25, -0.2) is 9.59 Å². The van der Waals surface area contributed by atoms with Gasteiger partial charge in [-0.2, -0.15) is 10.1 Å². The summed E-state index contributed by atoms with van der Waals surface area (Å²) in [6.45, 7) is 4.05. The Morgan fingerprint density at radius 2 is 1.77 bits per heavy atom. The number of para-hydroxylation sites is 1. The number of carbonyl (C=O) groups excluding carboxylic acids is 1. The first-order valence-electron chi connectivity index (χ1n) is 12.4. The Morgan fingerprint density at radius 1 is 1.00 bits per heavy atom. The molecule has 0 saturated carbocycles. The van der Waals surface area contributed by atoms with E-state index in [1.54, 1.807) is 19.1 Å². The second-order valence-electron chi connectivity index (χ2n) is 8.91. The van der Waals surface area contributed by atoms with Gasteiger partial charge in [0.05, 0.1) is 29.7 Å². The van der Waals surface area contributed by atoms with Crippen molar-refractivity contribution in [3.63, 3.8) is 0 Å². The highest BCUT2D eigenvalue weighted by atomic mass is 16.6. The average molecular weight is 525 g/mol. The minimum atomic E-state index is -0.840. The fourth-order valence-corrected chi connectivity index (χ4v) is 4.49. The molecule has 1 aliphatic rings. The van der Waals surface area contributed by atoms with Crippen molar-refractivity contribution >= 4 is 22.8 Å². The number of nitrogens with zero attached hydrogens (tertiary/aromatic N) is 3. The number of amidine groups is 1. The van der Waals surface area contributed by atoms with Crippen molar-refractivity contribution in [2.24, 2.45) is 5.10 Å². The number of nitrogens with one attached hydrogen (secondary N) is 1. The zero-order chi connectivity index (χ0) is 26.9. The molecule has 1 N–H and O–H groups in total. The number of benzene rings is 3. The van der Waals surface area contributed by atoms with Crippen LogP contribution < -0.4 is 16.0 Å². The number of hydrazone groups is 1. The molecule has 196 valence electrons. The first kappa shape index (κ1) is 24.2. The van der Waals surface area contributed by atoms with E-state index >= 15 is 0 Å². The summed E-state index contributed by atoms with van der Waals surface area (Å²) in [4.78, 5) is 29.1. The smallest absolute Gasteiger partial charge is 0.465 e. The Morgan fingerprint density at radius 3 is 2.46 bits per heavy atom. The molecule has 1 aliphatic heterocycles. The molecule has 2 aromatic heterocycles. The van der Waals surface area contributed by atoms with E-state index in [4.69, 9.17) is 18.3 Å². The molecule has 0 atom stereocenters. The largest absolute Gasteiger partial charge is 0.519 e. The summed E-state index contributed by atoms with van der Waals surface area (Å²) in [5.41, 5.74) is 8.64. The quantitative estimate of drug-likeness (QED) is 0.276. The molecule has 3 heterocycles. The highest BCUT2D eigenvalue weighted by Crippen LogP contribution is 2.29. The summed E-state index contributed by atoms with van der Waals surface area (Å²) in [7, 11) is 0. The molecule has 0 saturated heterocycles. The van der Waals surface area contributed by atoms with Crippen molar-refractivity contribution in [1.82, 2.24) is 15.0 Å². The van der Waals surface area contributed by atoms with Crippen molar-refractivity contribution < 1.29 is 23.1 Å². The van der Waals surface area contributed by atoms with Gasteiger partial charge in [0.2, 0.25) is 0 Å². The molecule has 0 aliphatic carbocycles. The van der Waals surface area contributed by atoms with Crippen LogP contribution in [-0.2, 0) is 17.9 Å². The van der Waals surface area contributed by atoms with Crippen LogP contribution in [-0.4, -0.2) is 28.0 Å². The Hall–Kier alpha value is -5.12. The number of esters is 1. The van der Waals surface area contributed by atoms with Crippen molar-refractivity contribution in [1.29, 1.82) is 0 Å². The second kappa shape index (κ2) is 9.97. The van der Waals surface area contributed by atoms with Gasteiger partial charge in [0, 0.05) is 5.56 Å². The summed E-state index contributed by atoms with van der Waals surface area (Å²) >= 11 is 0. The van der Waals surface area contributed by atoms with Crippen LogP contribution in [0.4, 0.5) is 0 Å². The van der Waals surface area contributed by atoms with Gasteiger partial charge in [-0.05, 0) is 42.7 Å². The van der Waals surface area contributed by atoms with E-state index in [-0.39, 0.29) is 18.1 Å². The van der Waals surface area contributed by atoms with Crippen LogP contribution in [0.15, 0.2) is 85.5 Å². The van der Waals surface area contributed by atoms with Gasteiger partial charge < -0.3 is 18.3 Å². The second-order valence-corrected chi connectivity index (χ2v) is 8.91. The van der Waals surface area contributed by atoms with E-state index in [0.717, 1.165) is 28.1 Å². The molecule has 0 radical (unpaired) electrons. The van der Waals surface area contributed by atoms with Gasteiger partial charge in [0.25, 0.3) is 6.01 Å². The fourth-order valence-electron chi connectivity index (χ4n) is 4.49. The lowest BCUT2D eigenvalue weighted by Gasteiger charge is -2.12. The minimum absolute atomic E-state index is 0.162. The maximum absolute atomic E-state index is 13.1. The number of ether oxygens (including phenoxy) is 2. The molecule has 0 bridgehead atoms. The number of aryl methyl sites for hydroxylation is 1. The van der Waals surface area contributed by atoms with Crippen LogP contribution in [0.2, 0.25) is 0 Å². The van der Waals surface area contributed by atoms with Crippen molar-refractivity contribution in [3.8, 4) is 17.1 Å². The molecular formula is C29H24N4O6. The number of hydrogen-bond donors (Lipinski definition) is 1. The van der Waals surface area contributed by atoms with Gasteiger partial charge in [-0.1, -0.05) is 54.6 Å². The van der Waals surface area contributed by atoms with E-state index in [0.29, 0.717) is 35.8 Å². The van der Waals surface area contributed by atoms with Crippen LogP contribution in [0.5, 0.6) is 6.01 Å². The molecule has 0 spiro atoms. The third kappa shape index (κ3) is 4.79. The van der Waals surface area contributed by atoms with Gasteiger partial charge >= 0.3 is 11.8 Å². The lowest BCUT2D eigenvalue weighted by Crippen LogP contribution is -2.10. The molecule has 0 unspecified atom stereocenters. The maximum atomic E-state index is 13.1. The van der Waals surface area contributed by atoms with E-state index in [2.05, 4.69) is 33.7 Å². The van der Waals surface area contributed by atoms with Crippen LogP contribution in [0.25, 0.3) is 22.2 Å². The normalized spacial score (nSPS) is 12.2. The SMILES string of the molecule is CCOc1nc2cccc(C(=O)OCc3oc(=O)oc3C)c2n1Cc1ccc(-c2ccccc2C2=NN2)cc1. The zero-order valence-electron chi connectivity index (χ0n) is 21.3. The van der Waals surface area contributed by atoms with Gasteiger partial charge in [-0.3, -0.25) is 9.99 Å². The fraction of sp³-hybridized carbons (Fsp3) is 0.172. The minimum Gasteiger partial charge on any atom is -0.465 e. The molecule has 10 heteroatoms. The summed E-state index contributed by atoms with van der Waals surface area (Å²) in [5, 5.41) is 4.12. The van der Waals surface area contributed by atoms with E-state index in [1.807, 2.05) is 47.9 Å². The highest BCUT2D eigenvalue weighted by molar-refractivity contribution is 6.10. The van der Waals surface area contributed by atoms with Gasteiger partial charge in [-0.15, -0.1) is 0 Å². The van der Waals surface area contributed by atoms with E-state index < -0.39 is 11.8 Å². The first-order chi connectivity index (χ1) is 19.0. The molecule has 0 fully saturated rings. The summed E-state index contributed by atoms with van der Waals surface area (Å²) in [6.07, 6.45) is 0. The van der Waals surface area contributed by atoms with Gasteiger partial charge in [0.15, 0.2) is 24.0 Å². The lowest BCUT2D eigenvalue weighted by molar-refractivity contribution is 0.0444. The first-order valence-corrected chi connectivity index (χ1v) is 12.4. The molecule has 10 nitrogen and oxygen atoms in total. The molecule has 3 aromatic carbocycles.